The Balaban J connectivity index is 1.74. The Bertz CT molecular complexity index is 746. The number of hydrogen-bond donors (Lipinski definition) is 0. The lowest BCUT2D eigenvalue weighted by Gasteiger charge is -2.22. The third-order valence-electron chi connectivity index (χ3n) is 5.22. The van der Waals surface area contributed by atoms with E-state index in [-0.39, 0.29) is 5.91 Å². The van der Waals surface area contributed by atoms with Crippen molar-refractivity contribution in [3.05, 3.63) is 65.2 Å². The summed E-state index contributed by atoms with van der Waals surface area (Å²) in [5.74, 6) is 1.07. The number of hydrogen-bond acceptors (Lipinski definition) is 3. The maximum absolute atomic E-state index is 12.6. The Morgan fingerprint density at radius 1 is 0.966 bits per heavy atom. The third kappa shape index (κ3) is 8.28. The first kappa shape index (κ1) is 23.0. The van der Waals surface area contributed by atoms with Gasteiger partial charge in [-0.15, -0.1) is 0 Å². The summed E-state index contributed by atoms with van der Waals surface area (Å²) >= 11 is 0. The lowest BCUT2D eigenvalue weighted by Crippen LogP contribution is -2.36. The molecule has 2 aromatic carbocycles. The molecule has 0 saturated heterocycles. The Morgan fingerprint density at radius 2 is 1.72 bits per heavy atom. The number of carbonyl (C=O) groups excluding carboxylic acids is 1. The molecule has 2 aromatic rings. The van der Waals surface area contributed by atoms with Crippen LogP contribution in [0.1, 0.15) is 36.5 Å². The van der Waals surface area contributed by atoms with E-state index in [1.54, 1.807) is 0 Å². The van der Waals surface area contributed by atoms with E-state index in [0.717, 1.165) is 62.4 Å². The van der Waals surface area contributed by atoms with Gasteiger partial charge in [-0.3, -0.25) is 4.79 Å². The fourth-order valence-electron chi connectivity index (χ4n) is 3.14. The van der Waals surface area contributed by atoms with Crippen molar-refractivity contribution in [2.24, 2.45) is 0 Å². The van der Waals surface area contributed by atoms with Gasteiger partial charge in [0.25, 0.3) is 0 Å². The normalized spacial score (nSPS) is 10.9. The lowest BCUT2D eigenvalue weighted by atomic mass is 10.1. The van der Waals surface area contributed by atoms with Gasteiger partial charge in [-0.25, -0.2) is 0 Å². The molecule has 0 aliphatic rings. The Hall–Kier alpha value is -2.33. The van der Waals surface area contributed by atoms with Gasteiger partial charge in [0.2, 0.25) is 5.91 Å². The van der Waals surface area contributed by atoms with Crippen molar-refractivity contribution in [1.29, 1.82) is 0 Å². The second-order valence-corrected chi connectivity index (χ2v) is 7.83. The minimum Gasteiger partial charge on any atom is -0.493 e. The van der Waals surface area contributed by atoms with Gasteiger partial charge < -0.3 is 14.5 Å². The van der Waals surface area contributed by atoms with Gasteiger partial charge in [-0.05, 0) is 49.6 Å². The molecule has 0 unspecified atom stereocenters. The summed E-state index contributed by atoms with van der Waals surface area (Å²) in [6.07, 6.45) is 3.64. The molecule has 0 spiro atoms. The fraction of sp³-hybridized carbons (Fsp3) is 0.480. The Morgan fingerprint density at radius 3 is 2.41 bits per heavy atom. The highest BCUT2D eigenvalue weighted by Gasteiger charge is 2.12. The van der Waals surface area contributed by atoms with Crippen LogP contribution in [0, 0.1) is 6.92 Å². The Labute approximate surface area is 176 Å². The lowest BCUT2D eigenvalue weighted by molar-refractivity contribution is -0.129. The van der Waals surface area contributed by atoms with Crippen molar-refractivity contribution >= 4 is 5.91 Å². The van der Waals surface area contributed by atoms with Gasteiger partial charge in [0.1, 0.15) is 5.75 Å². The second-order valence-electron chi connectivity index (χ2n) is 7.83. The van der Waals surface area contributed by atoms with Crippen molar-refractivity contribution < 1.29 is 9.53 Å². The monoisotopic (exact) mass is 396 g/mol. The fourth-order valence-corrected chi connectivity index (χ4v) is 3.14. The van der Waals surface area contributed by atoms with Crippen LogP contribution in [0.3, 0.4) is 0 Å². The molecule has 0 atom stereocenters. The van der Waals surface area contributed by atoms with Gasteiger partial charge in [0.15, 0.2) is 0 Å². The maximum atomic E-state index is 12.6. The predicted molar refractivity (Wildman–Crippen MR) is 121 cm³/mol. The average molecular weight is 397 g/mol. The number of rotatable bonds is 12. The zero-order valence-electron chi connectivity index (χ0n) is 18.5. The first-order valence-corrected chi connectivity index (χ1v) is 10.7. The zero-order valence-corrected chi connectivity index (χ0v) is 18.5. The average Bonchev–Trinajstić information content (AvgIpc) is 2.72. The van der Waals surface area contributed by atoms with Crippen LogP contribution in [0.5, 0.6) is 5.75 Å². The van der Waals surface area contributed by atoms with Crippen molar-refractivity contribution in [3.8, 4) is 5.75 Å². The smallest absolute Gasteiger partial charge is 0.226 e. The molecule has 29 heavy (non-hydrogen) atoms. The summed E-state index contributed by atoms with van der Waals surface area (Å²) in [6, 6.07) is 16.6. The molecular formula is C25H36N2O2. The molecule has 0 bridgehead atoms. The SMILES string of the molecule is CCCCOc1ccc(CC(=O)N(C)CCN(C)CCc2ccccc2)cc1C. The summed E-state index contributed by atoms with van der Waals surface area (Å²) in [5, 5.41) is 0. The van der Waals surface area contributed by atoms with Gasteiger partial charge in [0.05, 0.1) is 13.0 Å². The van der Waals surface area contributed by atoms with Crippen LogP contribution in [0.2, 0.25) is 0 Å². The molecule has 2 rings (SSSR count). The number of aryl methyl sites for hydroxylation is 1. The predicted octanol–water partition coefficient (Wildman–Crippen LogP) is 4.35. The third-order valence-corrected chi connectivity index (χ3v) is 5.22. The molecule has 0 N–H and O–H groups in total. The second kappa shape index (κ2) is 12.3. The van der Waals surface area contributed by atoms with E-state index in [2.05, 4.69) is 49.2 Å². The van der Waals surface area contributed by atoms with Gasteiger partial charge in [0, 0.05) is 26.7 Å². The van der Waals surface area contributed by atoms with Crippen molar-refractivity contribution in [2.45, 2.75) is 39.5 Å². The van der Waals surface area contributed by atoms with Gasteiger partial charge >= 0.3 is 0 Å². The van der Waals surface area contributed by atoms with E-state index >= 15 is 0 Å². The standard InChI is InChI=1S/C25H36N2O2/c1-5-6-18-29-24-13-12-23(19-21(24)2)20-25(28)27(4)17-16-26(3)15-14-22-10-8-7-9-11-22/h7-13,19H,5-6,14-18,20H2,1-4H3. The highest BCUT2D eigenvalue weighted by molar-refractivity contribution is 5.78. The number of amides is 1. The largest absolute Gasteiger partial charge is 0.493 e. The van der Waals surface area contributed by atoms with Crippen LogP contribution in [0.4, 0.5) is 0 Å². The molecular weight excluding hydrogens is 360 g/mol. The van der Waals surface area contributed by atoms with E-state index in [1.807, 2.05) is 37.1 Å². The molecule has 4 heteroatoms. The zero-order chi connectivity index (χ0) is 21.1. The molecule has 0 aliphatic carbocycles. The van der Waals surface area contributed by atoms with E-state index < -0.39 is 0 Å². The van der Waals surface area contributed by atoms with Crippen LogP contribution < -0.4 is 4.74 Å². The first-order valence-electron chi connectivity index (χ1n) is 10.7. The molecule has 158 valence electrons. The molecule has 0 aromatic heterocycles. The van der Waals surface area contributed by atoms with Crippen molar-refractivity contribution in [2.75, 3.05) is 40.3 Å². The Kier molecular flexibility index (Phi) is 9.72. The molecule has 1 amide bonds. The molecule has 4 nitrogen and oxygen atoms in total. The molecule has 0 aliphatic heterocycles. The molecule has 0 fully saturated rings. The number of likely N-dealkylation sites (N-methyl/N-ethyl adjacent to an activating group) is 2. The molecule has 0 heterocycles. The van der Waals surface area contributed by atoms with E-state index in [0.29, 0.717) is 6.42 Å². The summed E-state index contributed by atoms with van der Waals surface area (Å²) in [5.41, 5.74) is 3.48. The maximum Gasteiger partial charge on any atom is 0.226 e. The van der Waals surface area contributed by atoms with Crippen LogP contribution in [-0.4, -0.2) is 56.0 Å². The minimum absolute atomic E-state index is 0.153. The highest BCUT2D eigenvalue weighted by Crippen LogP contribution is 2.20. The van der Waals surface area contributed by atoms with Gasteiger partial charge in [-0.2, -0.15) is 0 Å². The number of benzene rings is 2. The summed E-state index contributed by atoms with van der Waals surface area (Å²) in [4.78, 5) is 16.7. The van der Waals surface area contributed by atoms with Crippen molar-refractivity contribution in [1.82, 2.24) is 9.80 Å². The van der Waals surface area contributed by atoms with E-state index in [9.17, 15) is 4.79 Å². The number of carbonyl (C=O) groups is 1. The molecule has 0 radical (unpaired) electrons. The summed E-state index contributed by atoms with van der Waals surface area (Å²) < 4.78 is 5.80. The van der Waals surface area contributed by atoms with Crippen LogP contribution in [0.15, 0.2) is 48.5 Å². The van der Waals surface area contributed by atoms with Crippen LogP contribution in [0.25, 0.3) is 0 Å². The van der Waals surface area contributed by atoms with Crippen LogP contribution in [-0.2, 0) is 17.6 Å². The van der Waals surface area contributed by atoms with E-state index in [1.165, 1.54) is 5.56 Å². The topological polar surface area (TPSA) is 32.8 Å². The quantitative estimate of drug-likeness (QED) is 0.500. The number of ether oxygens (including phenoxy) is 1. The summed E-state index contributed by atoms with van der Waals surface area (Å²) in [7, 11) is 4.00. The minimum atomic E-state index is 0.153. The van der Waals surface area contributed by atoms with Crippen molar-refractivity contribution in [3.63, 3.8) is 0 Å². The first-order chi connectivity index (χ1) is 14.0. The molecule has 0 saturated carbocycles. The number of unbranched alkanes of at least 4 members (excludes halogenated alkanes) is 1. The van der Waals surface area contributed by atoms with Gasteiger partial charge in [-0.1, -0.05) is 55.8 Å². The van der Waals surface area contributed by atoms with Crippen LogP contribution >= 0.6 is 0 Å². The number of nitrogens with zero attached hydrogens (tertiary/aromatic N) is 2. The van der Waals surface area contributed by atoms with E-state index in [4.69, 9.17) is 4.74 Å². The summed E-state index contributed by atoms with van der Waals surface area (Å²) in [6.45, 7) is 7.55. The highest BCUT2D eigenvalue weighted by atomic mass is 16.5.